The van der Waals surface area contributed by atoms with Gasteiger partial charge in [0.1, 0.15) is 0 Å². The van der Waals surface area contributed by atoms with Gasteiger partial charge in [-0.1, -0.05) is 12.1 Å². The van der Waals surface area contributed by atoms with Gasteiger partial charge in [0.25, 0.3) is 0 Å². The molecule has 6 N–H and O–H groups in total. The van der Waals surface area contributed by atoms with Crippen molar-refractivity contribution in [2.45, 2.75) is 25.4 Å². The fourth-order valence-electron chi connectivity index (χ4n) is 2.25. The first-order valence-electron chi connectivity index (χ1n) is 6.23. The predicted molar refractivity (Wildman–Crippen MR) is 72.0 cm³/mol. The summed E-state index contributed by atoms with van der Waals surface area (Å²) in [5.74, 6) is 0.117. The van der Waals surface area contributed by atoms with Gasteiger partial charge in [-0.15, -0.1) is 0 Å². The van der Waals surface area contributed by atoms with E-state index in [-0.39, 0.29) is 11.9 Å². The third-order valence-corrected chi connectivity index (χ3v) is 3.30. The third-order valence-electron chi connectivity index (χ3n) is 3.30. The Morgan fingerprint density at radius 1 is 1.28 bits per heavy atom. The molecule has 0 saturated heterocycles. The third kappa shape index (κ3) is 2.53. The normalized spacial score (nSPS) is 16.6. The number of carbonyl (C=O) groups excluding carboxylic acids is 1. The van der Waals surface area contributed by atoms with Gasteiger partial charge in [-0.05, 0) is 23.6 Å². The molecule has 0 aromatic heterocycles. The zero-order valence-corrected chi connectivity index (χ0v) is 10.4. The maximum absolute atomic E-state index is 12.0. The van der Waals surface area contributed by atoms with Crippen LogP contribution < -0.4 is 22.1 Å². The zero-order chi connectivity index (χ0) is 13.1. The summed E-state index contributed by atoms with van der Waals surface area (Å²) in [6.45, 7) is 1.37. The molecule has 1 aliphatic rings. The molecule has 0 bridgehead atoms. The lowest BCUT2D eigenvalue weighted by Gasteiger charge is -2.31. The van der Waals surface area contributed by atoms with Crippen LogP contribution in [0.15, 0.2) is 18.2 Å². The molecule has 0 saturated carbocycles. The van der Waals surface area contributed by atoms with Gasteiger partial charge in [0.15, 0.2) is 0 Å². The average molecular weight is 248 g/mol. The lowest BCUT2D eigenvalue weighted by atomic mass is 9.98. The van der Waals surface area contributed by atoms with Gasteiger partial charge in [0, 0.05) is 37.8 Å². The zero-order valence-electron chi connectivity index (χ0n) is 10.4. The highest BCUT2D eigenvalue weighted by Crippen LogP contribution is 2.28. The largest absolute Gasteiger partial charge is 0.329 e. The molecule has 0 spiro atoms. The van der Waals surface area contributed by atoms with E-state index in [1.54, 1.807) is 4.90 Å². The summed E-state index contributed by atoms with van der Waals surface area (Å²) in [6.07, 6.45) is 1.30. The number of nitrogens with zero attached hydrogens (tertiary/aromatic N) is 1. The number of fused-ring (bicyclic) bond motifs is 1. The van der Waals surface area contributed by atoms with Crippen molar-refractivity contribution in [1.29, 1.82) is 0 Å². The number of aryl methyl sites for hydroxylation is 1. The molecule has 1 unspecified atom stereocenters. The molecular formula is C13H20N4O. The van der Waals surface area contributed by atoms with Gasteiger partial charge < -0.3 is 22.1 Å². The second-order valence-corrected chi connectivity index (χ2v) is 4.67. The molecule has 98 valence electrons. The summed E-state index contributed by atoms with van der Waals surface area (Å²) in [6, 6.07) is 5.80. The lowest BCUT2D eigenvalue weighted by Crippen LogP contribution is -2.46. The lowest BCUT2D eigenvalue weighted by molar-refractivity contribution is -0.118. The van der Waals surface area contributed by atoms with Crippen molar-refractivity contribution >= 4 is 11.6 Å². The minimum Gasteiger partial charge on any atom is -0.329 e. The number of nitrogens with two attached hydrogens (primary N) is 3. The molecule has 5 heteroatoms. The SMILES string of the molecule is NCc1ccc2c(c1)CCC(=O)N2CC(N)CN. The average Bonchev–Trinajstić information content (AvgIpc) is 2.41. The molecule has 1 atom stereocenters. The van der Waals surface area contributed by atoms with E-state index >= 15 is 0 Å². The first kappa shape index (κ1) is 13.0. The quantitative estimate of drug-likeness (QED) is 0.682. The maximum Gasteiger partial charge on any atom is 0.227 e. The summed E-state index contributed by atoms with van der Waals surface area (Å²) >= 11 is 0. The van der Waals surface area contributed by atoms with Gasteiger partial charge in [0.2, 0.25) is 5.91 Å². The molecule has 1 aliphatic heterocycles. The number of rotatable bonds is 4. The van der Waals surface area contributed by atoms with Crippen LogP contribution in [0.2, 0.25) is 0 Å². The first-order valence-corrected chi connectivity index (χ1v) is 6.23. The fraction of sp³-hybridized carbons (Fsp3) is 0.462. The van der Waals surface area contributed by atoms with E-state index in [4.69, 9.17) is 17.2 Å². The van der Waals surface area contributed by atoms with Gasteiger partial charge in [-0.2, -0.15) is 0 Å². The molecule has 2 rings (SSSR count). The van der Waals surface area contributed by atoms with E-state index in [9.17, 15) is 4.79 Å². The van der Waals surface area contributed by atoms with Crippen LogP contribution in [-0.4, -0.2) is 25.0 Å². The van der Waals surface area contributed by atoms with E-state index < -0.39 is 0 Å². The highest BCUT2D eigenvalue weighted by Gasteiger charge is 2.25. The summed E-state index contributed by atoms with van der Waals surface area (Å²) in [4.78, 5) is 13.7. The van der Waals surface area contributed by atoms with Gasteiger partial charge >= 0.3 is 0 Å². The standard InChI is InChI=1S/C13H20N4O/c14-6-9-1-3-12-10(5-9)2-4-13(18)17(12)8-11(16)7-15/h1,3,5,11H,2,4,6-8,14-16H2. The van der Waals surface area contributed by atoms with Crippen LogP contribution in [0.4, 0.5) is 5.69 Å². The minimum absolute atomic E-state index is 0.117. The summed E-state index contributed by atoms with van der Waals surface area (Å²) in [7, 11) is 0. The van der Waals surface area contributed by atoms with Crippen LogP contribution in [0.25, 0.3) is 0 Å². The highest BCUT2D eigenvalue weighted by molar-refractivity contribution is 5.96. The smallest absolute Gasteiger partial charge is 0.227 e. The number of amides is 1. The number of carbonyl (C=O) groups is 1. The van der Waals surface area contributed by atoms with Crippen molar-refractivity contribution < 1.29 is 4.79 Å². The van der Waals surface area contributed by atoms with Crippen molar-refractivity contribution in [2.24, 2.45) is 17.2 Å². The molecule has 0 aliphatic carbocycles. The van der Waals surface area contributed by atoms with Crippen LogP contribution in [0.1, 0.15) is 17.5 Å². The van der Waals surface area contributed by atoms with E-state index in [0.717, 1.165) is 17.7 Å². The van der Waals surface area contributed by atoms with E-state index in [0.29, 0.717) is 26.1 Å². The summed E-state index contributed by atoms with van der Waals surface area (Å²) in [5.41, 5.74) is 20.2. The van der Waals surface area contributed by atoms with Gasteiger partial charge in [-0.25, -0.2) is 0 Å². The Balaban J connectivity index is 2.29. The second kappa shape index (κ2) is 5.48. The van der Waals surface area contributed by atoms with Gasteiger partial charge in [-0.3, -0.25) is 4.79 Å². The van der Waals surface area contributed by atoms with Crippen LogP contribution >= 0.6 is 0 Å². The molecule has 1 aromatic rings. The molecule has 1 heterocycles. The Kier molecular flexibility index (Phi) is 3.96. The van der Waals surface area contributed by atoms with Crippen LogP contribution in [-0.2, 0) is 17.8 Å². The number of benzene rings is 1. The number of hydrogen-bond acceptors (Lipinski definition) is 4. The molecule has 18 heavy (non-hydrogen) atoms. The monoisotopic (exact) mass is 248 g/mol. The van der Waals surface area contributed by atoms with Crippen molar-refractivity contribution in [1.82, 2.24) is 0 Å². The molecule has 1 amide bonds. The number of anilines is 1. The molecule has 0 fully saturated rings. The Labute approximate surface area is 107 Å². The molecule has 0 radical (unpaired) electrons. The Morgan fingerprint density at radius 2 is 2.06 bits per heavy atom. The molecule has 5 nitrogen and oxygen atoms in total. The summed E-state index contributed by atoms with van der Waals surface area (Å²) < 4.78 is 0. The van der Waals surface area contributed by atoms with Crippen molar-refractivity contribution in [3.05, 3.63) is 29.3 Å². The van der Waals surface area contributed by atoms with Gasteiger partial charge in [0.05, 0.1) is 0 Å². The van der Waals surface area contributed by atoms with E-state index in [1.807, 2.05) is 12.1 Å². The van der Waals surface area contributed by atoms with Crippen LogP contribution in [0.3, 0.4) is 0 Å². The predicted octanol–water partition coefficient (Wildman–Crippen LogP) is -0.289. The molecule has 1 aromatic carbocycles. The topological polar surface area (TPSA) is 98.4 Å². The second-order valence-electron chi connectivity index (χ2n) is 4.67. The first-order chi connectivity index (χ1) is 8.65. The highest BCUT2D eigenvalue weighted by atomic mass is 16.2. The fourth-order valence-corrected chi connectivity index (χ4v) is 2.25. The Morgan fingerprint density at radius 3 is 2.72 bits per heavy atom. The summed E-state index contributed by atoms with van der Waals surface area (Å²) in [5, 5.41) is 0. The Bertz CT molecular complexity index is 447. The van der Waals surface area contributed by atoms with Crippen molar-refractivity contribution in [2.75, 3.05) is 18.0 Å². The van der Waals surface area contributed by atoms with E-state index in [2.05, 4.69) is 6.07 Å². The van der Waals surface area contributed by atoms with Crippen molar-refractivity contribution in [3.8, 4) is 0 Å². The van der Waals surface area contributed by atoms with Crippen LogP contribution in [0, 0.1) is 0 Å². The van der Waals surface area contributed by atoms with E-state index in [1.165, 1.54) is 5.56 Å². The Hall–Kier alpha value is -1.43. The maximum atomic E-state index is 12.0. The minimum atomic E-state index is -0.186. The number of hydrogen-bond donors (Lipinski definition) is 3. The molecular weight excluding hydrogens is 228 g/mol. The van der Waals surface area contributed by atoms with Crippen LogP contribution in [0.5, 0.6) is 0 Å². The van der Waals surface area contributed by atoms with Crippen molar-refractivity contribution in [3.63, 3.8) is 0 Å².